The Morgan fingerprint density at radius 3 is 2.78 bits per heavy atom. The number of nitrogens with one attached hydrogen (secondary N) is 1. The molecule has 1 atom stereocenters. The van der Waals surface area contributed by atoms with Crippen molar-refractivity contribution in [3.8, 4) is 0 Å². The van der Waals surface area contributed by atoms with Gasteiger partial charge in [-0.15, -0.1) is 0 Å². The van der Waals surface area contributed by atoms with E-state index in [1.54, 1.807) is 0 Å². The van der Waals surface area contributed by atoms with E-state index >= 15 is 0 Å². The van der Waals surface area contributed by atoms with Crippen molar-refractivity contribution in [2.24, 2.45) is 0 Å². The molecule has 1 fully saturated rings. The summed E-state index contributed by atoms with van der Waals surface area (Å²) in [6, 6.07) is 1.59. The van der Waals surface area contributed by atoms with Gasteiger partial charge in [0.25, 0.3) is 5.56 Å². The minimum Gasteiger partial charge on any atom is -0.394 e. The molecule has 2 heterocycles. The van der Waals surface area contributed by atoms with Crippen molar-refractivity contribution in [2.75, 3.05) is 18.5 Å². The summed E-state index contributed by atoms with van der Waals surface area (Å²) in [7, 11) is 0. The van der Waals surface area contributed by atoms with E-state index < -0.39 is 24.3 Å². The number of alkyl halides is 3. The van der Waals surface area contributed by atoms with E-state index in [0.717, 1.165) is 19.0 Å². The van der Waals surface area contributed by atoms with Gasteiger partial charge in [0.15, 0.2) is 0 Å². The molecule has 0 spiro atoms. The SMILES string of the molecule is O=C(Nc1cccn(CC(F)(F)F)c1=O)N1CCCC[C@H]1CO. The zero-order valence-corrected chi connectivity index (χ0v) is 12.3. The fraction of sp³-hybridized carbons (Fsp3) is 0.571. The highest BCUT2D eigenvalue weighted by Crippen LogP contribution is 2.18. The van der Waals surface area contributed by atoms with Crippen LogP contribution in [0, 0.1) is 0 Å². The number of aliphatic hydroxyl groups excluding tert-OH is 1. The second-order valence-corrected chi connectivity index (χ2v) is 5.43. The summed E-state index contributed by atoms with van der Waals surface area (Å²) < 4.78 is 37.8. The smallest absolute Gasteiger partial charge is 0.394 e. The molecule has 0 bridgehead atoms. The minimum absolute atomic E-state index is 0.194. The Kier molecular flexibility index (Phi) is 5.30. The van der Waals surface area contributed by atoms with Crippen molar-refractivity contribution >= 4 is 11.7 Å². The van der Waals surface area contributed by atoms with Crippen LogP contribution in [0.3, 0.4) is 0 Å². The van der Waals surface area contributed by atoms with Gasteiger partial charge in [0.1, 0.15) is 12.2 Å². The summed E-state index contributed by atoms with van der Waals surface area (Å²) >= 11 is 0. The van der Waals surface area contributed by atoms with Crippen LogP contribution in [0.4, 0.5) is 23.7 Å². The standard InChI is InChI=1S/C14H18F3N3O3/c15-14(16,17)9-19-6-3-5-11(12(19)22)18-13(23)20-7-2-1-4-10(20)8-21/h3,5-6,10,21H,1-2,4,7-9H2,(H,18,23)/t10-/m0/s1. The molecule has 1 aromatic rings. The average molecular weight is 333 g/mol. The summed E-state index contributed by atoms with van der Waals surface area (Å²) in [4.78, 5) is 25.6. The first-order valence-corrected chi connectivity index (χ1v) is 7.26. The lowest BCUT2D eigenvalue weighted by Gasteiger charge is -2.34. The molecule has 9 heteroatoms. The van der Waals surface area contributed by atoms with Gasteiger partial charge in [-0.3, -0.25) is 4.79 Å². The van der Waals surface area contributed by atoms with Crippen LogP contribution in [-0.2, 0) is 6.54 Å². The number of carbonyl (C=O) groups is 1. The highest BCUT2D eigenvalue weighted by molar-refractivity contribution is 5.89. The van der Waals surface area contributed by atoms with Crippen LogP contribution in [0.2, 0.25) is 0 Å². The topological polar surface area (TPSA) is 74.6 Å². The lowest BCUT2D eigenvalue weighted by atomic mass is 10.0. The maximum atomic E-state index is 12.4. The lowest BCUT2D eigenvalue weighted by molar-refractivity contribution is -0.141. The second kappa shape index (κ2) is 7.03. The number of aliphatic hydroxyl groups is 1. The monoisotopic (exact) mass is 333 g/mol. The van der Waals surface area contributed by atoms with Gasteiger partial charge in [-0.1, -0.05) is 0 Å². The van der Waals surface area contributed by atoms with Crippen LogP contribution in [0.1, 0.15) is 19.3 Å². The molecule has 2 amide bonds. The van der Waals surface area contributed by atoms with E-state index in [1.165, 1.54) is 17.0 Å². The summed E-state index contributed by atoms with van der Waals surface area (Å²) in [5, 5.41) is 11.6. The number of hydrogen-bond donors (Lipinski definition) is 2. The van der Waals surface area contributed by atoms with Gasteiger partial charge < -0.3 is 19.9 Å². The number of pyridine rings is 1. The van der Waals surface area contributed by atoms with E-state index in [4.69, 9.17) is 0 Å². The van der Waals surface area contributed by atoms with Crippen molar-refractivity contribution < 1.29 is 23.1 Å². The van der Waals surface area contributed by atoms with Gasteiger partial charge in [-0.05, 0) is 31.4 Å². The predicted octanol–water partition coefficient (Wildman–Crippen LogP) is 1.79. The van der Waals surface area contributed by atoms with Gasteiger partial charge in [0, 0.05) is 12.7 Å². The Bertz CT molecular complexity index is 615. The molecule has 6 nitrogen and oxygen atoms in total. The van der Waals surface area contributed by atoms with E-state index in [-0.39, 0.29) is 18.3 Å². The molecule has 0 saturated carbocycles. The number of rotatable bonds is 3. The van der Waals surface area contributed by atoms with Crippen molar-refractivity contribution in [1.82, 2.24) is 9.47 Å². The largest absolute Gasteiger partial charge is 0.406 e. The van der Waals surface area contributed by atoms with Crippen LogP contribution in [0.5, 0.6) is 0 Å². The van der Waals surface area contributed by atoms with Crippen LogP contribution in [0.15, 0.2) is 23.1 Å². The maximum Gasteiger partial charge on any atom is 0.406 e. The summed E-state index contributed by atoms with van der Waals surface area (Å²) in [5.74, 6) is 0. The molecule has 1 aliphatic heterocycles. The molecule has 23 heavy (non-hydrogen) atoms. The first kappa shape index (κ1) is 17.3. The van der Waals surface area contributed by atoms with Crippen LogP contribution < -0.4 is 10.9 Å². The third kappa shape index (κ3) is 4.47. The molecule has 2 N–H and O–H groups in total. The molecule has 0 radical (unpaired) electrons. The van der Waals surface area contributed by atoms with Crippen molar-refractivity contribution in [3.63, 3.8) is 0 Å². The number of hydrogen-bond acceptors (Lipinski definition) is 3. The van der Waals surface area contributed by atoms with E-state index in [2.05, 4.69) is 5.32 Å². The molecule has 1 saturated heterocycles. The van der Waals surface area contributed by atoms with Crippen molar-refractivity contribution in [3.05, 3.63) is 28.7 Å². The predicted molar refractivity (Wildman–Crippen MR) is 77.2 cm³/mol. The number of nitrogens with zero attached hydrogens (tertiary/aromatic N) is 2. The summed E-state index contributed by atoms with van der Waals surface area (Å²) in [6.07, 6.45) is -1.20. The zero-order valence-electron chi connectivity index (χ0n) is 12.3. The number of piperidine rings is 1. The molecule has 0 unspecified atom stereocenters. The Hall–Kier alpha value is -2.03. The van der Waals surface area contributed by atoms with E-state index in [0.29, 0.717) is 17.5 Å². The quantitative estimate of drug-likeness (QED) is 0.886. The third-order valence-corrected chi connectivity index (χ3v) is 3.71. The fourth-order valence-corrected chi connectivity index (χ4v) is 2.59. The summed E-state index contributed by atoms with van der Waals surface area (Å²) in [5.41, 5.74) is -1.14. The first-order chi connectivity index (χ1) is 10.8. The first-order valence-electron chi connectivity index (χ1n) is 7.26. The zero-order chi connectivity index (χ0) is 17.0. The minimum atomic E-state index is -4.53. The third-order valence-electron chi connectivity index (χ3n) is 3.71. The van der Waals surface area contributed by atoms with E-state index in [9.17, 15) is 27.9 Å². The van der Waals surface area contributed by atoms with Crippen LogP contribution in [0.25, 0.3) is 0 Å². The van der Waals surface area contributed by atoms with Gasteiger partial charge in [-0.25, -0.2) is 4.79 Å². The lowest BCUT2D eigenvalue weighted by Crippen LogP contribution is -2.48. The van der Waals surface area contributed by atoms with Crippen molar-refractivity contribution in [2.45, 2.75) is 38.0 Å². The number of carbonyl (C=O) groups excluding carboxylic acids is 1. The second-order valence-electron chi connectivity index (χ2n) is 5.43. The van der Waals surface area contributed by atoms with Gasteiger partial charge in [0.05, 0.1) is 12.6 Å². The molecule has 1 aromatic heterocycles. The number of urea groups is 1. The molecular weight excluding hydrogens is 315 g/mol. The number of amides is 2. The molecule has 1 aliphatic rings. The number of aromatic nitrogens is 1. The van der Waals surface area contributed by atoms with E-state index in [1.807, 2.05) is 0 Å². The molecule has 0 aromatic carbocycles. The normalized spacial score (nSPS) is 18.8. The average Bonchev–Trinajstić information content (AvgIpc) is 2.50. The van der Waals surface area contributed by atoms with Crippen molar-refractivity contribution in [1.29, 1.82) is 0 Å². The molecular formula is C14H18F3N3O3. The highest BCUT2D eigenvalue weighted by Gasteiger charge is 2.29. The fourth-order valence-electron chi connectivity index (χ4n) is 2.59. The van der Waals surface area contributed by atoms with Gasteiger partial charge in [0.2, 0.25) is 0 Å². The maximum absolute atomic E-state index is 12.4. The Balaban J connectivity index is 2.15. The number of halogens is 3. The molecule has 128 valence electrons. The molecule has 2 rings (SSSR count). The van der Waals surface area contributed by atoms with Gasteiger partial charge in [-0.2, -0.15) is 13.2 Å². The summed E-state index contributed by atoms with van der Waals surface area (Å²) in [6.45, 7) is -1.18. The Morgan fingerprint density at radius 1 is 1.39 bits per heavy atom. The Morgan fingerprint density at radius 2 is 2.13 bits per heavy atom. The Labute approximate surface area is 130 Å². The number of likely N-dealkylation sites (tertiary alicyclic amines) is 1. The highest BCUT2D eigenvalue weighted by atomic mass is 19.4. The van der Waals surface area contributed by atoms with Crippen LogP contribution in [-0.4, -0.2) is 46.0 Å². The number of anilines is 1. The molecule has 0 aliphatic carbocycles. The van der Waals surface area contributed by atoms with Crippen LogP contribution >= 0.6 is 0 Å². The van der Waals surface area contributed by atoms with Gasteiger partial charge >= 0.3 is 12.2 Å².